The first-order chi connectivity index (χ1) is 11.3. The van der Waals surface area contributed by atoms with E-state index in [1.165, 1.54) is 10.8 Å². The van der Waals surface area contributed by atoms with Crippen LogP contribution < -0.4 is 0 Å². The molecule has 0 bridgehead atoms. The van der Waals surface area contributed by atoms with Crippen LogP contribution in [0.5, 0.6) is 0 Å². The Hall–Kier alpha value is -1.97. The minimum absolute atomic E-state index is 0.0987. The second-order valence-corrected chi connectivity index (χ2v) is 6.48. The average Bonchev–Trinajstić information content (AvgIpc) is 2.63. The van der Waals surface area contributed by atoms with Gasteiger partial charge in [-0.05, 0) is 16.7 Å². The lowest BCUT2D eigenvalue weighted by molar-refractivity contribution is 0.102. The Labute approximate surface area is 145 Å². The highest BCUT2D eigenvalue weighted by molar-refractivity contribution is 8.68. The summed E-state index contributed by atoms with van der Waals surface area (Å²) in [4.78, 5) is 12.6. The molecule has 0 radical (unpaired) electrons. The van der Waals surface area contributed by atoms with Crippen molar-refractivity contribution in [2.75, 3.05) is 5.75 Å². The molecule has 0 atom stereocenters. The molecule has 0 amide bonds. The molecule has 114 valence electrons. The number of thiol groups is 1. The van der Waals surface area contributed by atoms with E-state index < -0.39 is 0 Å². The molecular weight excluding hydrogens is 320 g/mol. The summed E-state index contributed by atoms with van der Waals surface area (Å²) in [5.41, 5.74) is 4.98. The van der Waals surface area contributed by atoms with Crippen LogP contribution in [0.2, 0.25) is 0 Å². The Bertz CT molecular complexity index is 798. The summed E-state index contributed by atoms with van der Waals surface area (Å²) in [6.07, 6.45) is 0. The van der Waals surface area contributed by atoms with Gasteiger partial charge in [-0.15, -0.1) is 11.7 Å². The van der Waals surface area contributed by atoms with Crippen molar-refractivity contribution in [3.63, 3.8) is 0 Å². The standard InChI is InChI=1S/C20H16OS2/c21-19(14-23-22)18-13-7-12-17(15-8-3-1-4-9-15)20(18)16-10-5-2-6-11-16/h1-13,22H,14H2. The number of carbonyl (C=O) groups is 1. The maximum atomic E-state index is 12.6. The molecule has 0 aliphatic rings. The fraction of sp³-hybridized carbons (Fsp3) is 0.0500. The van der Waals surface area contributed by atoms with Gasteiger partial charge in [0.25, 0.3) is 0 Å². The molecule has 0 unspecified atom stereocenters. The Morgan fingerprint density at radius 3 is 2.00 bits per heavy atom. The van der Waals surface area contributed by atoms with Gasteiger partial charge in [-0.2, -0.15) is 0 Å². The molecule has 0 heterocycles. The third kappa shape index (κ3) is 3.52. The molecule has 0 fully saturated rings. The van der Waals surface area contributed by atoms with E-state index in [-0.39, 0.29) is 5.78 Å². The molecule has 0 aliphatic heterocycles. The predicted octanol–water partition coefficient (Wildman–Crippen LogP) is 5.78. The molecule has 23 heavy (non-hydrogen) atoms. The summed E-state index contributed by atoms with van der Waals surface area (Å²) in [7, 11) is 1.26. The largest absolute Gasteiger partial charge is 0.293 e. The Kier molecular flexibility index (Phi) is 5.21. The van der Waals surface area contributed by atoms with Crippen molar-refractivity contribution in [1.82, 2.24) is 0 Å². The van der Waals surface area contributed by atoms with Crippen molar-refractivity contribution in [2.24, 2.45) is 0 Å². The van der Waals surface area contributed by atoms with Gasteiger partial charge in [0.05, 0.1) is 5.75 Å². The van der Waals surface area contributed by atoms with Gasteiger partial charge in [0.2, 0.25) is 0 Å². The summed E-state index contributed by atoms with van der Waals surface area (Å²) in [5, 5.41) is 0. The normalized spacial score (nSPS) is 10.5. The molecule has 0 saturated carbocycles. The highest BCUT2D eigenvalue weighted by Gasteiger charge is 2.16. The lowest BCUT2D eigenvalue weighted by Crippen LogP contribution is -2.05. The van der Waals surface area contributed by atoms with Crippen molar-refractivity contribution in [2.45, 2.75) is 0 Å². The van der Waals surface area contributed by atoms with E-state index in [0.29, 0.717) is 5.75 Å². The van der Waals surface area contributed by atoms with Gasteiger partial charge in [0.15, 0.2) is 5.78 Å². The number of carbonyl (C=O) groups excluding carboxylic acids is 1. The first-order valence-electron chi connectivity index (χ1n) is 7.34. The number of hydrogen-bond acceptors (Lipinski definition) is 3. The molecule has 0 saturated heterocycles. The molecule has 1 nitrogen and oxygen atoms in total. The number of rotatable bonds is 5. The molecule has 0 spiro atoms. The van der Waals surface area contributed by atoms with Crippen LogP contribution in [0.25, 0.3) is 22.3 Å². The second kappa shape index (κ2) is 7.53. The Balaban J connectivity index is 2.25. The lowest BCUT2D eigenvalue weighted by atomic mass is 9.89. The van der Waals surface area contributed by atoms with E-state index >= 15 is 0 Å². The summed E-state index contributed by atoms with van der Waals surface area (Å²) < 4.78 is 0. The first-order valence-corrected chi connectivity index (χ1v) is 9.38. The van der Waals surface area contributed by atoms with E-state index in [0.717, 1.165) is 27.8 Å². The highest BCUT2D eigenvalue weighted by Crippen LogP contribution is 2.35. The minimum Gasteiger partial charge on any atom is -0.293 e. The smallest absolute Gasteiger partial charge is 0.174 e. The van der Waals surface area contributed by atoms with E-state index in [1.54, 1.807) is 0 Å². The van der Waals surface area contributed by atoms with Crippen LogP contribution in [0.3, 0.4) is 0 Å². The van der Waals surface area contributed by atoms with Crippen molar-refractivity contribution in [3.05, 3.63) is 84.4 Å². The van der Waals surface area contributed by atoms with Gasteiger partial charge >= 0.3 is 0 Å². The maximum absolute atomic E-state index is 12.6. The number of hydrogen-bond donors (Lipinski definition) is 1. The van der Waals surface area contributed by atoms with Gasteiger partial charge in [-0.25, -0.2) is 0 Å². The summed E-state index contributed by atoms with van der Waals surface area (Å²) in [6.45, 7) is 0. The quantitative estimate of drug-likeness (QED) is 0.361. The summed E-state index contributed by atoms with van der Waals surface area (Å²) in [5.74, 6) is 0.461. The fourth-order valence-electron chi connectivity index (χ4n) is 2.70. The van der Waals surface area contributed by atoms with E-state index in [2.05, 4.69) is 29.9 Å². The second-order valence-electron chi connectivity index (χ2n) is 5.16. The van der Waals surface area contributed by atoms with Gasteiger partial charge < -0.3 is 0 Å². The molecule has 3 heteroatoms. The topological polar surface area (TPSA) is 17.1 Å². The fourth-order valence-corrected chi connectivity index (χ4v) is 3.32. The van der Waals surface area contributed by atoms with Crippen molar-refractivity contribution in [3.8, 4) is 22.3 Å². The Morgan fingerprint density at radius 1 is 0.783 bits per heavy atom. The zero-order valence-electron chi connectivity index (χ0n) is 12.5. The Morgan fingerprint density at radius 2 is 1.39 bits per heavy atom. The van der Waals surface area contributed by atoms with E-state index in [1.807, 2.05) is 60.7 Å². The van der Waals surface area contributed by atoms with Crippen LogP contribution in [0.1, 0.15) is 10.4 Å². The molecule has 0 aliphatic carbocycles. The van der Waals surface area contributed by atoms with Crippen molar-refractivity contribution in [1.29, 1.82) is 0 Å². The van der Waals surface area contributed by atoms with Crippen LogP contribution in [0, 0.1) is 0 Å². The first kappa shape index (κ1) is 15.9. The molecular formula is C20H16OS2. The zero-order chi connectivity index (χ0) is 16.1. The molecule has 0 N–H and O–H groups in total. The predicted molar refractivity (Wildman–Crippen MR) is 103 cm³/mol. The minimum atomic E-state index is 0.0987. The van der Waals surface area contributed by atoms with E-state index in [4.69, 9.17) is 0 Å². The average molecular weight is 336 g/mol. The number of benzene rings is 3. The SMILES string of the molecule is O=C(CSS)c1cccc(-c2ccccc2)c1-c1ccccc1. The van der Waals surface area contributed by atoms with Crippen molar-refractivity contribution >= 4 is 28.2 Å². The third-order valence-electron chi connectivity index (χ3n) is 3.71. The molecule has 3 aromatic rings. The van der Waals surface area contributed by atoms with Crippen LogP contribution >= 0.6 is 22.5 Å². The lowest BCUT2D eigenvalue weighted by Gasteiger charge is -2.15. The van der Waals surface area contributed by atoms with Gasteiger partial charge in [-0.3, -0.25) is 4.79 Å². The van der Waals surface area contributed by atoms with Crippen LogP contribution in [0.15, 0.2) is 78.9 Å². The van der Waals surface area contributed by atoms with Crippen molar-refractivity contribution < 1.29 is 4.79 Å². The number of Topliss-reactive ketones (excluding diaryl/α,β-unsaturated/α-hetero) is 1. The summed E-state index contributed by atoms with van der Waals surface area (Å²) >= 11 is 4.12. The van der Waals surface area contributed by atoms with E-state index in [9.17, 15) is 4.79 Å². The molecule has 3 aromatic carbocycles. The van der Waals surface area contributed by atoms with Gasteiger partial charge in [-0.1, -0.05) is 89.7 Å². The third-order valence-corrected chi connectivity index (χ3v) is 4.49. The number of ketones is 1. The maximum Gasteiger partial charge on any atom is 0.174 e. The highest BCUT2D eigenvalue weighted by atomic mass is 33.1. The van der Waals surface area contributed by atoms with Crippen LogP contribution in [-0.4, -0.2) is 11.5 Å². The van der Waals surface area contributed by atoms with Crippen LogP contribution in [0.4, 0.5) is 0 Å². The van der Waals surface area contributed by atoms with Crippen LogP contribution in [-0.2, 0) is 0 Å². The monoisotopic (exact) mass is 336 g/mol. The molecule has 0 aromatic heterocycles. The van der Waals surface area contributed by atoms with Gasteiger partial charge in [0, 0.05) is 11.1 Å². The molecule has 3 rings (SSSR count). The van der Waals surface area contributed by atoms with Gasteiger partial charge in [0.1, 0.15) is 0 Å². The summed E-state index contributed by atoms with van der Waals surface area (Å²) in [6, 6.07) is 26.2. The zero-order valence-corrected chi connectivity index (χ0v) is 14.2.